The van der Waals surface area contributed by atoms with E-state index < -0.39 is 42.0 Å². The van der Waals surface area contributed by atoms with Crippen LogP contribution >= 0.6 is 0 Å². The van der Waals surface area contributed by atoms with Crippen molar-refractivity contribution in [1.29, 1.82) is 0 Å². The van der Waals surface area contributed by atoms with Gasteiger partial charge in [0.1, 0.15) is 5.75 Å². The van der Waals surface area contributed by atoms with Gasteiger partial charge in [0.2, 0.25) is 5.91 Å². The van der Waals surface area contributed by atoms with Gasteiger partial charge < -0.3 is 14.8 Å². The Morgan fingerprint density at radius 3 is 2.57 bits per heavy atom. The predicted molar refractivity (Wildman–Crippen MR) is 68.9 cm³/mol. The number of alkyl halides is 5. The second-order valence-electron chi connectivity index (χ2n) is 4.96. The normalized spacial score (nSPS) is 19.7. The lowest BCUT2D eigenvalue weighted by Crippen LogP contribution is -2.41. The summed E-state index contributed by atoms with van der Waals surface area (Å²) in [4.78, 5) is 11.9. The molecule has 1 fully saturated rings. The summed E-state index contributed by atoms with van der Waals surface area (Å²) >= 11 is 0. The van der Waals surface area contributed by atoms with Crippen molar-refractivity contribution in [2.75, 3.05) is 13.2 Å². The van der Waals surface area contributed by atoms with E-state index in [2.05, 4.69) is 4.74 Å². The van der Waals surface area contributed by atoms with Gasteiger partial charge in [-0.15, -0.1) is 0 Å². The molecule has 0 saturated carbocycles. The molecule has 1 amide bonds. The van der Waals surface area contributed by atoms with Crippen LogP contribution in [0.5, 0.6) is 5.75 Å². The van der Waals surface area contributed by atoms with Crippen molar-refractivity contribution in [2.45, 2.75) is 25.3 Å². The Bertz CT molecular complexity index is 543. The maximum atomic E-state index is 13.3. The van der Waals surface area contributed by atoms with Crippen molar-refractivity contribution in [3.05, 3.63) is 29.8 Å². The molecule has 1 heterocycles. The van der Waals surface area contributed by atoms with Crippen molar-refractivity contribution in [2.24, 2.45) is 5.92 Å². The third kappa shape index (κ3) is 4.54. The molecule has 1 aliphatic heterocycles. The number of hydrogen-bond acceptors (Lipinski definition) is 3. The lowest BCUT2D eigenvalue weighted by atomic mass is 10.0. The fourth-order valence-corrected chi connectivity index (χ4v) is 2.26. The molecule has 0 spiro atoms. The number of rotatable bonds is 5. The number of carbonyl (C=O) groups excluding carboxylic acids is 1. The average Bonchev–Trinajstić information content (AvgIpc) is 2.98. The minimum absolute atomic E-state index is 0.0333. The summed E-state index contributed by atoms with van der Waals surface area (Å²) in [6.07, 6.45) is -4.55. The largest absolute Gasteiger partial charge is 0.434 e. The minimum Gasteiger partial charge on any atom is -0.434 e. The topological polar surface area (TPSA) is 47.6 Å². The number of ether oxygens (including phenoxy) is 2. The zero-order chi connectivity index (χ0) is 17.0. The van der Waals surface area contributed by atoms with Crippen LogP contribution in [-0.2, 0) is 9.53 Å². The minimum atomic E-state index is -4.86. The van der Waals surface area contributed by atoms with E-state index in [9.17, 15) is 26.7 Å². The highest BCUT2D eigenvalue weighted by Crippen LogP contribution is 2.38. The van der Waals surface area contributed by atoms with Crippen molar-refractivity contribution in [3.63, 3.8) is 0 Å². The van der Waals surface area contributed by atoms with Crippen molar-refractivity contribution in [3.8, 4) is 5.75 Å². The molecule has 0 radical (unpaired) electrons. The summed E-state index contributed by atoms with van der Waals surface area (Å²) in [7, 11) is 0. The standard InChI is InChI=1S/C14H14F5NO3/c15-13(16)23-10-4-2-1-3-9(10)11(14(17,18)19)20-12(21)8-5-6-22-7-8/h1-4,8,11,13H,5-7H2,(H,20,21)/t8-,11-/m1/s1. The highest BCUT2D eigenvalue weighted by molar-refractivity contribution is 5.79. The molecule has 1 aromatic carbocycles. The van der Waals surface area contributed by atoms with Gasteiger partial charge in [-0.3, -0.25) is 4.79 Å². The van der Waals surface area contributed by atoms with Crippen LogP contribution in [0, 0.1) is 5.92 Å². The van der Waals surface area contributed by atoms with Crippen molar-refractivity contribution >= 4 is 5.91 Å². The van der Waals surface area contributed by atoms with Crippen LogP contribution in [0.3, 0.4) is 0 Å². The molecule has 128 valence electrons. The Hall–Kier alpha value is -1.90. The summed E-state index contributed by atoms with van der Waals surface area (Å²) < 4.78 is 73.6. The van der Waals surface area contributed by atoms with E-state index in [4.69, 9.17) is 4.74 Å². The van der Waals surface area contributed by atoms with Crippen molar-refractivity contribution in [1.82, 2.24) is 5.32 Å². The second kappa shape index (κ2) is 7.12. The van der Waals surface area contributed by atoms with Crippen LogP contribution in [0.2, 0.25) is 0 Å². The highest BCUT2D eigenvalue weighted by Gasteiger charge is 2.44. The van der Waals surface area contributed by atoms with Crippen LogP contribution < -0.4 is 10.1 Å². The zero-order valence-electron chi connectivity index (χ0n) is 11.8. The van der Waals surface area contributed by atoms with E-state index in [1.807, 2.05) is 5.32 Å². The first-order valence-corrected chi connectivity index (χ1v) is 6.77. The van der Waals surface area contributed by atoms with Gasteiger partial charge in [-0.2, -0.15) is 22.0 Å². The van der Waals surface area contributed by atoms with Crippen LogP contribution in [0.4, 0.5) is 22.0 Å². The first-order chi connectivity index (χ1) is 10.8. The summed E-state index contributed by atoms with van der Waals surface area (Å²) in [5.41, 5.74) is -0.576. The van der Waals surface area contributed by atoms with Crippen LogP contribution in [0.15, 0.2) is 24.3 Å². The molecule has 0 aromatic heterocycles. The highest BCUT2D eigenvalue weighted by atomic mass is 19.4. The molecular weight excluding hydrogens is 325 g/mol. The van der Waals surface area contributed by atoms with Gasteiger partial charge in [-0.25, -0.2) is 0 Å². The molecule has 2 atom stereocenters. The van der Waals surface area contributed by atoms with Crippen LogP contribution in [-0.4, -0.2) is 31.9 Å². The molecule has 1 N–H and O–H groups in total. The molecule has 0 bridgehead atoms. The van der Waals surface area contributed by atoms with Gasteiger partial charge in [0, 0.05) is 12.2 Å². The van der Waals surface area contributed by atoms with E-state index in [0.29, 0.717) is 13.0 Å². The lowest BCUT2D eigenvalue weighted by molar-refractivity contribution is -0.165. The Morgan fingerprint density at radius 1 is 1.30 bits per heavy atom. The van der Waals surface area contributed by atoms with E-state index in [1.165, 1.54) is 12.1 Å². The number of halogens is 5. The smallest absolute Gasteiger partial charge is 0.413 e. The monoisotopic (exact) mass is 339 g/mol. The maximum Gasteiger partial charge on any atom is 0.413 e. The zero-order valence-corrected chi connectivity index (χ0v) is 11.8. The van der Waals surface area contributed by atoms with Crippen LogP contribution in [0.25, 0.3) is 0 Å². The van der Waals surface area contributed by atoms with Gasteiger partial charge in [-0.1, -0.05) is 18.2 Å². The van der Waals surface area contributed by atoms with Gasteiger partial charge >= 0.3 is 12.8 Å². The van der Waals surface area contributed by atoms with Gasteiger partial charge in [0.25, 0.3) is 0 Å². The summed E-state index contributed by atoms with van der Waals surface area (Å²) in [5.74, 6) is -2.16. The van der Waals surface area contributed by atoms with E-state index in [-0.39, 0.29) is 6.61 Å². The summed E-state index contributed by atoms with van der Waals surface area (Å²) in [6.45, 7) is -2.95. The number of benzene rings is 1. The third-order valence-electron chi connectivity index (χ3n) is 3.36. The number of para-hydroxylation sites is 1. The first-order valence-electron chi connectivity index (χ1n) is 6.77. The number of hydrogen-bond donors (Lipinski definition) is 1. The lowest BCUT2D eigenvalue weighted by Gasteiger charge is -2.25. The molecule has 1 aromatic rings. The number of carbonyl (C=O) groups is 1. The van der Waals surface area contributed by atoms with Gasteiger partial charge in [0.15, 0.2) is 6.04 Å². The SMILES string of the molecule is O=C(N[C@H](c1ccccc1OC(F)F)C(F)(F)F)[C@@H]1CCOC1. The number of nitrogens with one attached hydrogen (secondary N) is 1. The molecule has 2 rings (SSSR count). The Morgan fingerprint density at radius 2 is 2.00 bits per heavy atom. The Balaban J connectivity index is 2.27. The molecule has 0 aliphatic carbocycles. The fraction of sp³-hybridized carbons (Fsp3) is 0.500. The summed E-state index contributed by atoms with van der Waals surface area (Å²) in [6, 6.07) is 2.05. The fourth-order valence-electron chi connectivity index (χ4n) is 2.26. The molecule has 1 saturated heterocycles. The first kappa shape index (κ1) is 17.5. The van der Waals surface area contributed by atoms with Gasteiger partial charge in [0.05, 0.1) is 12.5 Å². The Labute approximate surface area is 128 Å². The Kier molecular flexibility index (Phi) is 5.40. The predicted octanol–water partition coefficient (Wildman–Crippen LogP) is 3.04. The van der Waals surface area contributed by atoms with E-state index in [0.717, 1.165) is 12.1 Å². The second-order valence-corrected chi connectivity index (χ2v) is 4.96. The molecule has 0 unspecified atom stereocenters. The number of amides is 1. The van der Waals surface area contributed by atoms with Crippen molar-refractivity contribution < 1.29 is 36.2 Å². The molecular formula is C14H14F5NO3. The van der Waals surface area contributed by atoms with Crippen LogP contribution in [0.1, 0.15) is 18.0 Å². The third-order valence-corrected chi connectivity index (χ3v) is 3.36. The maximum absolute atomic E-state index is 13.3. The molecule has 4 nitrogen and oxygen atoms in total. The van der Waals surface area contributed by atoms with E-state index in [1.54, 1.807) is 0 Å². The molecule has 23 heavy (non-hydrogen) atoms. The molecule has 1 aliphatic rings. The quantitative estimate of drug-likeness (QED) is 0.839. The average molecular weight is 339 g/mol. The van der Waals surface area contributed by atoms with Gasteiger partial charge in [-0.05, 0) is 12.5 Å². The van der Waals surface area contributed by atoms with E-state index >= 15 is 0 Å². The summed E-state index contributed by atoms with van der Waals surface area (Å²) in [5, 5.41) is 1.86. The molecule has 9 heteroatoms.